The van der Waals surface area contributed by atoms with E-state index in [-0.39, 0.29) is 43.4 Å². The predicted octanol–water partition coefficient (Wildman–Crippen LogP) is -3.12. The third-order valence-electron chi connectivity index (χ3n) is 10.8. The molecule has 5 heterocycles. The molecule has 0 bridgehead atoms. The zero-order chi connectivity index (χ0) is 44.1. The molecule has 2 unspecified atom stereocenters. The predicted molar refractivity (Wildman–Crippen MR) is 231 cm³/mol. The average molecular weight is 903 g/mol. The smallest absolute Gasteiger partial charge is 0.247 e. The van der Waals surface area contributed by atoms with Crippen molar-refractivity contribution in [2.75, 3.05) is 127 Å². The van der Waals surface area contributed by atoms with Crippen molar-refractivity contribution in [2.45, 2.75) is 77.8 Å². The van der Waals surface area contributed by atoms with Crippen molar-refractivity contribution in [1.82, 2.24) is 54.7 Å². The van der Waals surface area contributed by atoms with Crippen molar-refractivity contribution in [3.63, 3.8) is 0 Å². The number of nitrogens with one attached hydrogen (secondary N) is 1. The Morgan fingerprint density at radius 1 is 0.794 bits per heavy atom. The van der Waals surface area contributed by atoms with Crippen molar-refractivity contribution in [1.29, 1.82) is 0 Å². The third kappa shape index (κ3) is 15.5. The monoisotopic (exact) mass is 902 g/mol. The van der Waals surface area contributed by atoms with E-state index < -0.39 is 12.1 Å². The third-order valence-corrected chi connectivity index (χ3v) is 10.8. The minimum absolute atomic E-state index is 0. The first-order valence-electron chi connectivity index (χ1n) is 22.2. The van der Waals surface area contributed by atoms with Crippen LogP contribution in [0.4, 0.5) is 17.8 Å². The van der Waals surface area contributed by atoms with Gasteiger partial charge in [0.2, 0.25) is 29.7 Å². The van der Waals surface area contributed by atoms with Crippen LogP contribution in [0.1, 0.15) is 76.3 Å². The minimum Gasteiger partial charge on any atom is -1.00 e. The van der Waals surface area contributed by atoms with Gasteiger partial charge in [-0.3, -0.25) is 9.59 Å². The van der Waals surface area contributed by atoms with Gasteiger partial charge in [-0.2, -0.15) is 15.0 Å². The van der Waals surface area contributed by atoms with E-state index in [4.69, 9.17) is 35.6 Å². The number of aliphatic hydroxyl groups is 1. The summed E-state index contributed by atoms with van der Waals surface area (Å²) >= 11 is 0. The van der Waals surface area contributed by atoms with Gasteiger partial charge in [0.05, 0.1) is 51.0 Å². The maximum absolute atomic E-state index is 14.1. The van der Waals surface area contributed by atoms with E-state index in [0.29, 0.717) is 128 Å². The fourth-order valence-electron chi connectivity index (χ4n) is 7.38. The van der Waals surface area contributed by atoms with Gasteiger partial charge in [0.15, 0.2) is 0 Å². The van der Waals surface area contributed by atoms with Crippen LogP contribution in [0, 0.1) is 18.3 Å². The fourth-order valence-corrected chi connectivity index (χ4v) is 7.38. The summed E-state index contributed by atoms with van der Waals surface area (Å²) in [5.74, 6) is 3.85. The maximum Gasteiger partial charge on any atom is 0.247 e. The second kappa shape index (κ2) is 27.5. The zero-order valence-electron chi connectivity index (χ0n) is 37.3. The molecule has 2 aliphatic rings. The lowest BCUT2D eigenvalue weighted by Gasteiger charge is -2.38. The second-order valence-electron chi connectivity index (χ2n) is 15.8. The molecule has 22 heteroatoms. The van der Waals surface area contributed by atoms with Gasteiger partial charge in [0.25, 0.3) is 0 Å². The standard InChI is InChI=1S/C41H67N15O6.ClH/c1-5-7-10-33-30-55(49-47-33)35(11-8-9-13-42)37(58)51-15-19-53(20-16-51)40-44-39(43-14-25-61-27-29-62-28-26-60-24-6-2)45-41(46-40)54-21-17-52(18-22-54)38(59)36(32(3)4)56-31-34(12-23-57)48-50-56;/h2,30-32,35-36,57H,5,7-29,42H2,1,3-4H3,(H,43,44,45,46);1H. The zero-order valence-corrected chi connectivity index (χ0v) is 38.1. The summed E-state index contributed by atoms with van der Waals surface area (Å²) in [5, 5.41) is 29.8. The largest absolute Gasteiger partial charge is 1.00 e. The molecule has 5 N–H and O–H groups in total. The van der Waals surface area contributed by atoms with Crippen LogP contribution in [0.15, 0.2) is 12.4 Å². The summed E-state index contributed by atoms with van der Waals surface area (Å²) < 4.78 is 19.9. The normalized spacial score (nSPS) is 15.3. The van der Waals surface area contributed by atoms with Crippen LogP contribution < -0.4 is 33.3 Å². The lowest BCUT2D eigenvalue weighted by molar-refractivity contribution is -0.368. The van der Waals surface area contributed by atoms with Crippen molar-refractivity contribution in [3.05, 3.63) is 23.8 Å². The van der Waals surface area contributed by atoms with Gasteiger partial charge in [0.1, 0.15) is 18.7 Å². The first kappa shape index (κ1) is 50.9. The molecule has 0 saturated carbocycles. The highest BCUT2D eigenvalue weighted by atomic mass is 35.5. The number of nitrogens with zero attached hydrogens (tertiary/aromatic N) is 13. The number of aryl methyl sites for hydroxylation is 1. The van der Waals surface area contributed by atoms with Gasteiger partial charge >= 0.3 is 0 Å². The number of halogens is 1. The molecule has 3 aromatic rings. The van der Waals surface area contributed by atoms with Crippen LogP contribution in [0.5, 0.6) is 0 Å². The maximum atomic E-state index is 14.1. The van der Waals surface area contributed by atoms with Crippen LogP contribution in [0.2, 0.25) is 0 Å². The molecule has 2 aliphatic heterocycles. The van der Waals surface area contributed by atoms with Crippen LogP contribution in [0.3, 0.4) is 0 Å². The Kier molecular flexibility index (Phi) is 22.2. The Bertz CT molecular complexity index is 1830. The molecular weight excluding hydrogens is 834 g/mol. The number of amides is 2. The first-order chi connectivity index (χ1) is 30.3. The number of hydrogen-bond acceptors (Lipinski definition) is 16. The highest BCUT2D eigenvalue weighted by Crippen LogP contribution is 2.25. The van der Waals surface area contributed by atoms with Crippen LogP contribution in [0.25, 0.3) is 0 Å². The molecule has 2 amide bonds. The van der Waals surface area contributed by atoms with Gasteiger partial charge < -0.3 is 62.4 Å². The van der Waals surface area contributed by atoms with E-state index in [1.54, 1.807) is 15.6 Å². The second-order valence-corrected chi connectivity index (χ2v) is 15.8. The van der Waals surface area contributed by atoms with Gasteiger partial charge in [-0.1, -0.05) is 43.5 Å². The van der Waals surface area contributed by atoms with Crippen LogP contribution in [-0.2, 0) is 36.6 Å². The highest BCUT2D eigenvalue weighted by molar-refractivity contribution is 5.81. The molecule has 0 spiro atoms. The lowest BCUT2D eigenvalue weighted by Crippen LogP contribution is -3.00. The summed E-state index contributed by atoms with van der Waals surface area (Å²) in [7, 11) is 0. The van der Waals surface area contributed by atoms with E-state index in [9.17, 15) is 14.7 Å². The molecule has 350 valence electrons. The number of unbranched alkanes of at least 4 members (excludes halogenated alkanes) is 2. The Balaban J connectivity index is 0.00000871. The van der Waals surface area contributed by atoms with E-state index in [1.165, 1.54) is 0 Å². The number of terminal acetylenes is 1. The molecule has 21 nitrogen and oxygen atoms in total. The van der Waals surface area contributed by atoms with E-state index in [2.05, 4.69) is 54.3 Å². The minimum atomic E-state index is -0.517. The molecule has 0 radical (unpaired) electrons. The SMILES string of the molecule is C#CCOCCOCCOCCNc1nc(N2CCN(C(=O)C(CCCC[NH3+])n3cc(CCCC)nn3)CC2)nc(N2CCN(C(=O)C(C(C)C)n3cc(CCO)nn3)CC2)n1.[Cl-]. The number of hydrogen-bond donors (Lipinski definition) is 3. The van der Waals surface area contributed by atoms with E-state index >= 15 is 0 Å². The highest BCUT2D eigenvalue weighted by Gasteiger charge is 2.34. The Morgan fingerprint density at radius 3 is 1.95 bits per heavy atom. The topological polar surface area (TPSA) is 235 Å². The number of ether oxygens (including phenoxy) is 3. The van der Waals surface area contributed by atoms with Crippen molar-refractivity contribution in [2.24, 2.45) is 5.92 Å². The molecule has 3 aromatic heterocycles. The van der Waals surface area contributed by atoms with Crippen molar-refractivity contribution >= 4 is 29.7 Å². The number of anilines is 3. The number of aliphatic hydroxyl groups excluding tert-OH is 1. The molecule has 63 heavy (non-hydrogen) atoms. The number of aromatic nitrogens is 9. The Morgan fingerprint density at radius 2 is 1.37 bits per heavy atom. The molecule has 2 fully saturated rings. The molecule has 0 aromatic carbocycles. The summed E-state index contributed by atoms with van der Waals surface area (Å²) in [6.45, 7) is 13.8. The number of rotatable bonds is 27. The van der Waals surface area contributed by atoms with E-state index in [1.807, 2.05) is 29.8 Å². The van der Waals surface area contributed by atoms with E-state index in [0.717, 1.165) is 44.3 Å². The van der Waals surface area contributed by atoms with Crippen molar-refractivity contribution < 1.29 is 47.0 Å². The van der Waals surface area contributed by atoms with Crippen LogP contribution >= 0.6 is 0 Å². The fraction of sp³-hybridized carbons (Fsp3) is 0.732. The molecule has 2 saturated heterocycles. The Hall–Kier alpha value is -4.72. The quantitative estimate of drug-likeness (QED) is 0.0507. The first-order valence-corrected chi connectivity index (χ1v) is 22.2. The number of carbonyl (C=O) groups excluding carboxylic acids is 2. The van der Waals surface area contributed by atoms with Gasteiger partial charge in [-0.25, -0.2) is 9.36 Å². The molecule has 0 aliphatic carbocycles. The summed E-state index contributed by atoms with van der Waals surface area (Å²) in [5.41, 5.74) is 5.54. The summed E-state index contributed by atoms with van der Waals surface area (Å²) in [4.78, 5) is 50.5. The van der Waals surface area contributed by atoms with Gasteiger partial charge in [0, 0.05) is 84.3 Å². The van der Waals surface area contributed by atoms with Crippen molar-refractivity contribution in [3.8, 4) is 12.3 Å². The molecule has 2 atom stereocenters. The Labute approximate surface area is 377 Å². The van der Waals surface area contributed by atoms with Gasteiger partial charge in [-0.05, 0) is 38.0 Å². The molecule has 5 rings (SSSR count). The summed E-state index contributed by atoms with van der Waals surface area (Å²) in [6, 6.07) is -0.935. The van der Waals surface area contributed by atoms with Crippen LogP contribution in [-0.4, -0.2) is 183 Å². The lowest BCUT2D eigenvalue weighted by atomic mass is 10.0. The number of piperazine rings is 2. The average Bonchev–Trinajstić information content (AvgIpc) is 3.96. The summed E-state index contributed by atoms with van der Waals surface area (Å²) in [6.07, 6.45) is 14.7. The molecular formula is C41H68ClN15O6. The number of carbonyl (C=O) groups is 2. The number of quaternary nitrogens is 1. The van der Waals surface area contributed by atoms with Gasteiger partial charge in [-0.15, -0.1) is 16.6 Å².